The largest absolute Gasteiger partial charge is 0.384 e. The molecule has 0 saturated carbocycles. The average Bonchev–Trinajstić information content (AvgIpc) is 2.66. The predicted molar refractivity (Wildman–Crippen MR) is 116 cm³/mol. The molecule has 2 aromatic rings. The van der Waals surface area contributed by atoms with Crippen LogP contribution in [0.15, 0.2) is 59.7 Å². The van der Waals surface area contributed by atoms with Crippen molar-refractivity contribution in [1.29, 1.82) is 0 Å². The van der Waals surface area contributed by atoms with Crippen LogP contribution < -0.4 is 5.32 Å². The zero-order valence-corrected chi connectivity index (χ0v) is 16.9. The topological polar surface area (TPSA) is 32.3 Å². The number of piperidine rings is 1. The highest BCUT2D eigenvalue weighted by atomic mass is 16.3. The highest BCUT2D eigenvalue weighted by molar-refractivity contribution is 5.62. The lowest BCUT2D eigenvalue weighted by Crippen LogP contribution is -2.35. The van der Waals surface area contributed by atoms with Gasteiger partial charge in [-0.15, -0.1) is 0 Å². The lowest BCUT2D eigenvalue weighted by Gasteiger charge is -2.25. The molecule has 0 bridgehead atoms. The Hall–Kier alpha value is -2.16. The lowest BCUT2D eigenvalue weighted by atomic mass is 9.93. The molecule has 0 radical (unpaired) electrons. The molecule has 1 saturated heterocycles. The summed E-state index contributed by atoms with van der Waals surface area (Å²) >= 11 is 0. The first kappa shape index (κ1) is 19.6. The number of aliphatic hydroxyl groups is 1. The molecule has 2 aromatic carbocycles. The maximum absolute atomic E-state index is 10.9. The number of aliphatic hydroxyl groups excluding tert-OH is 1. The fraction of sp³-hybridized carbons (Fsp3) is 0.360. The van der Waals surface area contributed by atoms with Crippen LogP contribution in [0.5, 0.6) is 0 Å². The van der Waals surface area contributed by atoms with E-state index in [1.54, 1.807) is 0 Å². The van der Waals surface area contributed by atoms with E-state index in [-0.39, 0.29) is 0 Å². The fourth-order valence-corrected chi connectivity index (χ4v) is 3.43. The number of rotatable bonds is 4. The Morgan fingerprint density at radius 3 is 1.44 bits per heavy atom. The van der Waals surface area contributed by atoms with E-state index in [4.69, 9.17) is 0 Å². The number of nitrogens with one attached hydrogen (secondary N) is 1. The highest BCUT2D eigenvalue weighted by Crippen LogP contribution is 2.23. The lowest BCUT2D eigenvalue weighted by molar-refractivity contribution is 0.233. The van der Waals surface area contributed by atoms with Crippen molar-refractivity contribution in [1.82, 2.24) is 5.32 Å². The third kappa shape index (κ3) is 4.97. The van der Waals surface area contributed by atoms with Crippen LogP contribution in [0.4, 0.5) is 0 Å². The summed E-state index contributed by atoms with van der Waals surface area (Å²) in [5, 5.41) is 14.3. The van der Waals surface area contributed by atoms with E-state index in [9.17, 15) is 5.11 Å². The van der Waals surface area contributed by atoms with E-state index in [1.165, 1.54) is 11.1 Å². The van der Waals surface area contributed by atoms with Gasteiger partial charge in [-0.2, -0.15) is 0 Å². The first-order valence-corrected chi connectivity index (χ1v) is 9.93. The molecule has 2 heteroatoms. The van der Waals surface area contributed by atoms with Crippen molar-refractivity contribution in [2.45, 2.75) is 45.6 Å². The Bertz CT molecular complexity index is 741. The highest BCUT2D eigenvalue weighted by Gasteiger charge is 2.20. The van der Waals surface area contributed by atoms with Gasteiger partial charge in [0.2, 0.25) is 0 Å². The minimum atomic E-state index is -0.527. The quantitative estimate of drug-likeness (QED) is 0.768. The molecular formula is C25H31NO. The summed E-state index contributed by atoms with van der Waals surface area (Å²) in [5.41, 5.74) is 6.98. The molecular weight excluding hydrogens is 330 g/mol. The Labute approximate surface area is 163 Å². The van der Waals surface area contributed by atoms with Crippen molar-refractivity contribution >= 4 is 12.2 Å². The smallest absolute Gasteiger partial charge is 0.0992 e. The molecule has 2 nitrogen and oxygen atoms in total. The average molecular weight is 362 g/mol. The summed E-state index contributed by atoms with van der Waals surface area (Å²) in [5.74, 6) is 1.07. The van der Waals surface area contributed by atoms with Crippen LogP contribution in [-0.4, -0.2) is 24.3 Å². The SMILES string of the molecule is CC(C)c1ccc(/C=C2\CNC/C(=C\c3ccc(C(C)C)cc3)C2O)cc1. The Balaban J connectivity index is 1.79. The van der Waals surface area contributed by atoms with Gasteiger partial charge in [-0.05, 0) is 45.2 Å². The Kier molecular flexibility index (Phi) is 6.30. The van der Waals surface area contributed by atoms with E-state index in [0.717, 1.165) is 35.4 Å². The molecule has 1 aliphatic heterocycles. The molecule has 27 heavy (non-hydrogen) atoms. The molecule has 0 atom stereocenters. The van der Waals surface area contributed by atoms with E-state index in [0.29, 0.717) is 11.8 Å². The first-order valence-electron chi connectivity index (χ1n) is 9.93. The van der Waals surface area contributed by atoms with Gasteiger partial charge in [0, 0.05) is 13.1 Å². The molecule has 3 rings (SSSR count). The van der Waals surface area contributed by atoms with Gasteiger partial charge in [0.05, 0.1) is 6.10 Å². The van der Waals surface area contributed by atoms with E-state index >= 15 is 0 Å². The van der Waals surface area contributed by atoms with Crippen molar-refractivity contribution in [2.24, 2.45) is 0 Å². The second-order valence-corrected chi connectivity index (χ2v) is 8.09. The standard InChI is InChI=1S/C25H31NO/c1-17(2)21-9-5-19(6-10-21)13-23-15-26-16-24(25(23)27)14-20-7-11-22(12-8-20)18(3)4/h5-14,17-18,25-27H,15-16H2,1-4H3/b23-13+,24-14+. The number of benzene rings is 2. The van der Waals surface area contributed by atoms with Crippen LogP contribution >= 0.6 is 0 Å². The first-order chi connectivity index (χ1) is 12.9. The zero-order valence-electron chi connectivity index (χ0n) is 16.9. The molecule has 0 amide bonds. The minimum Gasteiger partial charge on any atom is -0.384 e. The normalized spacial score (nSPS) is 18.8. The maximum Gasteiger partial charge on any atom is 0.0992 e. The van der Waals surface area contributed by atoms with Gasteiger partial charge in [-0.25, -0.2) is 0 Å². The molecule has 1 aliphatic rings. The van der Waals surface area contributed by atoms with E-state index in [1.807, 2.05) is 0 Å². The van der Waals surface area contributed by atoms with E-state index < -0.39 is 6.10 Å². The molecule has 1 heterocycles. The summed E-state index contributed by atoms with van der Waals surface area (Å²) in [6, 6.07) is 17.2. The van der Waals surface area contributed by atoms with Crippen molar-refractivity contribution in [3.63, 3.8) is 0 Å². The van der Waals surface area contributed by atoms with Gasteiger partial charge in [0.1, 0.15) is 0 Å². The van der Waals surface area contributed by atoms with Gasteiger partial charge in [0.15, 0.2) is 0 Å². The minimum absolute atomic E-state index is 0.527. The zero-order chi connectivity index (χ0) is 19.4. The fourth-order valence-electron chi connectivity index (χ4n) is 3.43. The molecule has 0 aliphatic carbocycles. The number of hydrogen-bond donors (Lipinski definition) is 2. The Morgan fingerprint density at radius 1 is 0.741 bits per heavy atom. The second kappa shape index (κ2) is 8.69. The summed E-state index contributed by atoms with van der Waals surface area (Å²) < 4.78 is 0. The van der Waals surface area contributed by atoms with Gasteiger partial charge in [0.25, 0.3) is 0 Å². The summed E-state index contributed by atoms with van der Waals surface area (Å²) in [7, 11) is 0. The van der Waals surface area contributed by atoms with Crippen LogP contribution in [0, 0.1) is 0 Å². The molecule has 0 unspecified atom stereocenters. The third-order valence-electron chi connectivity index (χ3n) is 5.27. The van der Waals surface area contributed by atoms with E-state index in [2.05, 4.69) is 93.7 Å². The van der Waals surface area contributed by atoms with Crippen LogP contribution in [-0.2, 0) is 0 Å². The molecule has 0 spiro atoms. The monoisotopic (exact) mass is 361 g/mol. The molecule has 1 fully saturated rings. The van der Waals surface area contributed by atoms with Crippen LogP contribution in [0.3, 0.4) is 0 Å². The summed E-state index contributed by atoms with van der Waals surface area (Å²) in [4.78, 5) is 0. The van der Waals surface area contributed by atoms with Crippen molar-refractivity contribution in [2.75, 3.05) is 13.1 Å². The van der Waals surface area contributed by atoms with Crippen molar-refractivity contribution in [3.8, 4) is 0 Å². The third-order valence-corrected chi connectivity index (χ3v) is 5.27. The molecule has 142 valence electrons. The van der Waals surface area contributed by atoms with Gasteiger partial charge in [-0.1, -0.05) is 88.4 Å². The van der Waals surface area contributed by atoms with Gasteiger partial charge < -0.3 is 10.4 Å². The number of hydrogen-bond acceptors (Lipinski definition) is 2. The summed E-state index contributed by atoms with van der Waals surface area (Å²) in [6.45, 7) is 10.2. The maximum atomic E-state index is 10.9. The van der Waals surface area contributed by atoms with Crippen LogP contribution in [0.2, 0.25) is 0 Å². The predicted octanol–water partition coefficient (Wildman–Crippen LogP) is 5.36. The Morgan fingerprint density at radius 2 is 1.11 bits per heavy atom. The van der Waals surface area contributed by atoms with Crippen LogP contribution in [0.25, 0.3) is 12.2 Å². The second-order valence-electron chi connectivity index (χ2n) is 8.09. The van der Waals surface area contributed by atoms with Gasteiger partial charge >= 0.3 is 0 Å². The summed E-state index contributed by atoms with van der Waals surface area (Å²) in [6.07, 6.45) is 3.69. The van der Waals surface area contributed by atoms with Crippen LogP contribution in [0.1, 0.15) is 61.8 Å². The van der Waals surface area contributed by atoms with Crippen molar-refractivity contribution < 1.29 is 5.11 Å². The van der Waals surface area contributed by atoms with Crippen molar-refractivity contribution in [3.05, 3.63) is 81.9 Å². The molecule has 0 aromatic heterocycles. The molecule has 2 N–H and O–H groups in total. The van der Waals surface area contributed by atoms with Gasteiger partial charge in [-0.3, -0.25) is 0 Å².